The Balaban J connectivity index is 3.05. The van der Waals surface area contributed by atoms with E-state index in [1.165, 1.54) is 0 Å². The van der Waals surface area contributed by atoms with Crippen LogP contribution in [0.4, 0.5) is 0 Å². The van der Waals surface area contributed by atoms with Gasteiger partial charge in [0.25, 0.3) is 0 Å². The van der Waals surface area contributed by atoms with Crippen LogP contribution in [-0.4, -0.2) is 6.29 Å². The Morgan fingerprint density at radius 1 is 1.60 bits per heavy atom. The maximum absolute atomic E-state index is 10.1. The summed E-state index contributed by atoms with van der Waals surface area (Å²) < 4.78 is 0. The smallest absolute Gasteiger partial charge is 0.122 e. The van der Waals surface area contributed by atoms with E-state index in [0.717, 1.165) is 32.0 Å². The lowest BCUT2D eigenvalue weighted by molar-refractivity contribution is -0.110. The Kier molecular flexibility index (Phi) is 5.86. The number of aldehydes is 1. The predicted octanol–water partition coefficient (Wildman–Crippen LogP) is 2.01. The molecule has 1 atom stereocenters. The number of carbonyl (C=O) groups excluding carboxylic acids is 1. The number of terminal acetylenes is 1. The molecule has 0 aromatic carbocycles. The quantitative estimate of drug-likeness (QED) is 0.322. The highest BCUT2D eigenvalue weighted by Gasteiger charge is 1.96. The molecule has 56 valence electrons. The van der Waals surface area contributed by atoms with E-state index in [4.69, 9.17) is 6.42 Å². The van der Waals surface area contributed by atoms with E-state index in [2.05, 4.69) is 5.92 Å². The van der Waals surface area contributed by atoms with Crippen molar-refractivity contribution < 1.29 is 4.79 Å². The molecule has 0 amide bonds. The van der Waals surface area contributed by atoms with Gasteiger partial charge in [0.05, 0.1) is 0 Å². The van der Waals surface area contributed by atoms with Crippen molar-refractivity contribution in [1.82, 2.24) is 0 Å². The second-order valence-electron chi connectivity index (χ2n) is 2.56. The van der Waals surface area contributed by atoms with Gasteiger partial charge in [0.15, 0.2) is 0 Å². The van der Waals surface area contributed by atoms with Crippen molar-refractivity contribution >= 4 is 6.29 Å². The third-order valence-corrected chi connectivity index (χ3v) is 1.46. The fraction of sp³-hybridized carbons (Fsp3) is 0.667. The highest BCUT2D eigenvalue weighted by molar-refractivity contribution is 5.52. The molecule has 0 heterocycles. The van der Waals surface area contributed by atoms with Gasteiger partial charge in [0.1, 0.15) is 6.29 Å². The number of unbranched alkanes of at least 4 members (excludes halogenated alkanes) is 2. The molecule has 0 aliphatic rings. The molecule has 0 rings (SSSR count). The summed E-state index contributed by atoms with van der Waals surface area (Å²) in [6.45, 7) is 1.93. The van der Waals surface area contributed by atoms with Crippen molar-refractivity contribution in [2.24, 2.45) is 5.92 Å². The summed E-state index contributed by atoms with van der Waals surface area (Å²) in [4.78, 5) is 10.1. The molecule has 0 fully saturated rings. The third kappa shape index (κ3) is 5.37. The first kappa shape index (κ1) is 9.23. The van der Waals surface area contributed by atoms with Crippen molar-refractivity contribution in [2.45, 2.75) is 32.6 Å². The van der Waals surface area contributed by atoms with Crippen molar-refractivity contribution in [3.8, 4) is 12.3 Å². The summed E-state index contributed by atoms with van der Waals surface area (Å²) in [6.07, 6.45) is 9.99. The van der Waals surface area contributed by atoms with Crippen LogP contribution < -0.4 is 0 Å². The summed E-state index contributed by atoms with van der Waals surface area (Å²) >= 11 is 0. The van der Waals surface area contributed by atoms with Gasteiger partial charge in [-0.1, -0.05) is 13.3 Å². The number of hydrogen-bond donors (Lipinski definition) is 0. The highest BCUT2D eigenvalue weighted by atomic mass is 16.1. The van der Waals surface area contributed by atoms with Gasteiger partial charge >= 0.3 is 0 Å². The molecule has 0 radical (unpaired) electrons. The standard InChI is InChI=1S/C9H14O/c1-3-4-5-6-7-9(2)8-10/h1,8-9H,4-7H2,2H3/t9-/m1/s1. The molecule has 0 N–H and O–H groups in total. The summed E-state index contributed by atoms with van der Waals surface area (Å²) in [5.74, 6) is 2.78. The first-order chi connectivity index (χ1) is 4.81. The van der Waals surface area contributed by atoms with Crippen molar-refractivity contribution in [3.05, 3.63) is 0 Å². The van der Waals surface area contributed by atoms with E-state index >= 15 is 0 Å². The zero-order chi connectivity index (χ0) is 7.82. The molecular formula is C9H14O. The van der Waals surface area contributed by atoms with E-state index in [-0.39, 0.29) is 5.92 Å². The van der Waals surface area contributed by atoms with E-state index < -0.39 is 0 Å². The topological polar surface area (TPSA) is 17.1 Å². The minimum atomic E-state index is 0.206. The summed E-state index contributed by atoms with van der Waals surface area (Å²) in [5, 5.41) is 0. The van der Waals surface area contributed by atoms with E-state index in [9.17, 15) is 4.79 Å². The number of rotatable bonds is 5. The minimum Gasteiger partial charge on any atom is -0.303 e. The predicted molar refractivity (Wildman–Crippen MR) is 42.5 cm³/mol. The molecule has 0 spiro atoms. The van der Waals surface area contributed by atoms with Gasteiger partial charge in [-0.25, -0.2) is 0 Å². The van der Waals surface area contributed by atoms with Crippen LogP contribution in [0.3, 0.4) is 0 Å². The molecule has 0 unspecified atom stereocenters. The van der Waals surface area contributed by atoms with Crippen LogP contribution >= 0.6 is 0 Å². The van der Waals surface area contributed by atoms with Crippen molar-refractivity contribution in [1.29, 1.82) is 0 Å². The molecule has 10 heavy (non-hydrogen) atoms. The average molecular weight is 138 g/mol. The first-order valence-corrected chi connectivity index (χ1v) is 3.70. The fourth-order valence-corrected chi connectivity index (χ4v) is 0.761. The average Bonchev–Trinajstić information content (AvgIpc) is 1.98. The van der Waals surface area contributed by atoms with Crippen LogP contribution in [0.15, 0.2) is 0 Å². The van der Waals surface area contributed by atoms with Crippen LogP contribution in [0.25, 0.3) is 0 Å². The Hall–Kier alpha value is -0.770. The Bertz CT molecular complexity index is 121. The summed E-state index contributed by atoms with van der Waals surface area (Å²) in [6, 6.07) is 0. The summed E-state index contributed by atoms with van der Waals surface area (Å²) in [7, 11) is 0. The maximum atomic E-state index is 10.1. The van der Waals surface area contributed by atoms with E-state index in [0.29, 0.717) is 0 Å². The Morgan fingerprint density at radius 2 is 2.30 bits per heavy atom. The number of hydrogen-bond acceptors (Lipinski definition) is 1. The zero-order valence-electron chi connectivity index (χ0n) is 6.47. The molecule has 1 heteroatoms. The Morgan fingerprint density at radius 3 is 2.80 bits per heavy atom. The van der Waals surface area contributed by atoms with Gasteiger partial charge in [-0.3, -0.25) is 0 Å². The van der Waals surface area contributed by atoms with Crippen LogP contribution in [0.5, 0.6) is 0 Å². The molecule has 0 aromatic rings. The lowest BCUT2D eigenvalue weighted by Gasteiger charge is -1.99. The second-order valence-corrected chi connectivity index (χ2v) is 2.56. The zero-order valence-corrected chi connectivity index (χ0v) is 6.47. The van der Waals surface area contributed by atoms with Gasteiger partial charge in [0, 0.05) is 12.3 Å². The van der Waals surface area contributed by atoms with Crippen LogP contribution in [-0.2, 0) is 4.79 Å². The molecule has 0 aliphatic carbocycles. The van der Waals surface area contributed by atoms with Gasteiger partial charge in [0.2, 0.25) is 0 Å². The molecule has 0 saturated carbocycles. The highest BCUT2D eigenvalue weighted by Crippen LogP contribution is 2.05. The molecule has 0 aromatic heterocycles. The third-order valence-electron chi connectivity index (χ3n) is 1.46. The lowest BCUT2D eigenvalue weighted by Crippen LogP contribution is -1.94. The van der Waals surface area contributed by atoms with E-state index in [1.54, 1.807) is 0 Å². The second kappa shape index (κ2) is 6.35. The molecule has 1 nitrogen and oxygen atoms in total. The van der Waals surface area contributed by atoms with Gasteiger partial charge in [-0.15, -0.1) is 12.3 Å². The first-order valence-electron chi connectivity index (χ1n) is 3.70. The van der Waals surface area contributed by atoms with Crippen molar-refractivity contribution in [3.63, 3.8) is 0 Å². The Labute approximate surface area is 62.8 Å². The van der Waals surface area contributed by atoms with E-state index in [1.807, 2.05) is 6.92 Å². The normalized spacial score (nSPS) is 12.0. The monoisotopic (exact) mass is 138 g/mol. The minimum absolute atomic E-state index is 0.206. The fourth-order valence-electron chi connectivity index (χ4n) is 0.761. The number of carbonyl (C=O) groups is 1. The largest absolute Gasteiger partial charge is 0.303 e. The van der Waals surface area contributed by atoms with Crippen LogP contribution in [0, 0.1) is 18.3 Å². The van der Waals surface area contributed by atoms with Gasteiger partial charge in [-0.2, -0.15) is 0 Å². The van der Waals surface area contributed by atoms with Gasteiger partial charge in [-0.05, 0) is 12.8 Å². The summed E-state index contributed by atoms with van der Waals surface area (Å²) in [5.41, 5.74) is 0. The lowest BCUT2D eigenvalue weighted by atomic mass is 10.1. The molecule has 0 bridgehead atoms. The van der Waals surface area contributed by atoms with Crippen LogP contribution in [0.2, 0.25) is 0 Å². The molecular weight excluding hydrogens is 124 g/mol. The van der Waals surface area contributed by atoms with Crippen molar-refractivity contribution in [2.75, 3.05) is 0 Å². The maximum Gasteiger partial charge on any atom is 0.122 e. The van der Waals surface area contributed by atoms with Gasteiger partial charge < -0.3 is 4.79 Å². The molecule has 0 saturated heterocycles. The molecule has 0 aliphatic heterocycles. The SMILES string of the molecule is C#CCCCC[C@@H](C)C=O. The van der Waals surface area contributed by atoms with Crippen LogP contribution in [0.1, 0.15) is 32.6 Å².